The summed E-state index contributed by atoms with van der Waals surface area (Å²) in [6.07, 6.45) is 5.93. The topological polar surface area (TPSA) is 22.0 Å². The third-order valence-corrected chi connectivity index (χ3v) is 4.90. The van der Waals surface area contributed by atoms with E-state index in [-0.39, 0.29) is 5.91 Å². The van der Waals surface area contributed by atoms with Crippen molar-refractivity contribution in [2.24, 2.45) is 0 Å². The molecule has 0 amide bonds. The van der Waals surface area contributed by atoms with Gasteiger partial charge in [0.05, 0.1) is 5.52 Å². The van der Waals surface area contributed by atoms with Crippen LogP contribution in [0, 0.1) is 0 Å². The van der Waals surface area contributed by atoms with Crippen LogP contribution in [0.3, 0.4) is 0 Å². The Bertz CT molecular complexity index is 845. The van der Waals surface area contributed by atoms with Crippen LogP contribution in [0.15, 0.2) is 54.6 Å². The van der Waals surface area contributed by atoms with Gasteiger partial charge < -0.3 is 0 Å². The van der Waals surface area contributed by atoms with E-state index in [0.29, 0.717) is 6.42 Å². The summed E-state index contributed by atoms with van der Waals surface area (Å²) in [5.41, 5.74) is 4.99. The Kier molecular flexibility index (Phi) is 3.74. The first-order valence-electron chi connectivity index (χ1n) is 8.53. The van der Waals surface area contributed by atoms with Gasteiger partial charge in [-0.3, -0.25) is 9.36 Å². The van der Waals surface area contributed by atoms with E-state index in [1.165, 1.54) is 35.0 Å². The van der Waals surface area contributed by atoms with Crippen LogP contribution in [0.25, 0.3) is 10.9 Å². The highest BCUT2D eigenvalue weighted by Gasteiger charge is 2.22. The highest BCUT2D eigenvalue weighted by Crippen LogP contribution is 2.32. The fraction of sp³-hybridized carbons (Fsp3) is 0.286. The number of rotatable bonds is 3. The largest absolute Gasteiger partial charge is 0.284 e. The molecule has 0 aliphatic heterocycles. The van der Waals surface area contributed by atoms with Gasteiger partial charge in [0, 0.05) is 17.5 Å². The number of aryl methyl sites for hydroxylation is 2. The third kappa shape index (κ3) is 2.59. The van der Waals surface area contributed by atoms with E-state index in [1.807, 2.05) is 28.8 Å². The first kappa shape index (κ1) is 14.3. The Labute approximate surface area is 136 Å². The lowest BCUT2D eigenvalue weighted by Crippen LogP contribution is -2.16. The molecule has 2 nitrogen and oxygen atoms in total. The van der Waals surface area contributed by atoms with Crippen molar-refractivity contribution >= 4 is 16.8 Å². The van der Waals surface area contributed by atoms with Gasteiger partial charge >= 0.3 is 0 Å². The summed E-state index contributed by atoms with van der Waals surface area (Å²) >= 11 is 0. The van der Waals surface area contributed by atoms with Crippen molar-refractivity contribution in [2.45, 2.75) is 38.5 Å². The third-order valence-electron chi connectivity index (χ3n) is 4.90. The van der Waals surface area contributed by atoms with E-state index in [1.54, 1.807) is 0 Å². The van der Waals surface area contributed by atoms with E-state index in [2.05, 4.69) is 30.3 Å². The average molecular weight is 303 g/mol. The molecule has 1 heterocycles. The zero-order valence-corrected chi connectivity index (χ0v) is 13.3. The highest BCUT2D eigenvalue weighted by atomic mass is 16.2. The first-order valence-corrected chi connectivity index (χ1v) is 8.53. The summed E-state index contributed by atoms with van der Waals surface area (Å²) < 4.78 is 2.01. The van der Waals surface area contributed by atoms with Gasteiger partial charge in [0.15, 0.2) is 0 Å². The number of fused-ring (bicyclic) bond motifs is 3. The summed E-state index contributed by atoms with van der Waals surface area (Å²) in [7, 11) is 0. The maximum atomic E-state index is 12.9. The van der Waals surface area contributed by atoms with Crippen LogP contribution in [-0.2, 0) is 19.3 Å². The Hall–Kier alpha value is -2.35. The van der Waals surface area contributed by atoms with Gasteiger partial charge in [0.25, 0.3) is 0 Å². The monoisotopic (exact) mass is 303 g/mol. The summed E-state index contributed by atoms with van der Waals surface area (Å²) in [4.78, 5) is 12.9. The van der Waals surface area contributed by atoms with Crippen molar-refractivity contribution in [2.75, 3.05) is 0 Å². The summed E-state index contributed by atoms with van der Waals surface area (Å²) in [5.74, 6) is 0.230. The molecular weight excluding hydrogens is 282 g/mol. The van der Waals surface area contributed by atoms with Crippen molar-refractivity contribution in [1.82, 2.24) is 4.57 Å². The van der Waals surface area contributed by atoms with Crippen LogP contribution in [0.4, 0.5) is 0 Å². The molecule has 2 aromatic carbocycles. The van der Waals surface area contributed by atoms with Crippen LogP contribution < -0.4 is 0 Å². The fourth-order valence-electron chi connectivity index (χ4n) is 3.79. The predicted octanol–water partition coefficient (Wildman–Crippen LogP) is 4.79. The van der Waals surface area contributed by atoms with Crippen molar-refractivity contribution in [3.8, 4) is 0 Å². The van der Waals surface area contributed by atoms with Gasteiger partial charge in [-0.15, -0.1) is 0 Å². The van der Waals surface area contributed by atoms with Crippen LogP contribution in [0.1, 0.15) is 40.9 Å². The van der Waals surface area contributed by atoms with Crippen LogP contribution >= 0.6 is 0 Å². The fourth-order valence-corrected chi connectivity index (χ4v) is 3.79. The number of benzene rings is 2. The first-order chi connectivity index (χ1) is 11.3. The molecule has 1 aliphatic carbocycles. The van der Waals surface area contributed by atoms with E-state index in [0.717, 1.165) is 24.8 Å². The molecule has 0 N–H and O–H groups in total. The molecule has 0 fully saturated rings. The standard InChI is InChI=1S/C21H21NO/c23-21(15-14-16-8-2-1-3-9-16)22-19-12-6-4-10-17(19)18-11-5-7-13-20(18)22/h1-4,6,8-10,12H,5,7,11,13-15H2. The maximum Gasteiger partial charge on any atom is 0.231 e. The molecule has 1 aromatic heterocycles. The zero-order chi connectivity index (χ0) is 15.6. The Balaban J connectivity index is 1.69. The number of aromatic nitrogens is 1. The Morgan fingerprint density at radius 1 is 0.913 bits per heavy atom. The molecular formula is C21H21NO. The molecule has 0 bridgehead atoms. The van der Waals surface area contributed by atoms with Crippen molar-refractivity contribution < 1.29 is 4.79 Å². The normalized spacial score (nSPS) is 13.9. The number of nitrogens with zero attached hydrogens (tertiary/aromatic N) is 1. The molecule has 23 heavy (non-hydrogen) atoms. The van der Waals surface area contributed by atoms with E-state index < -0.39 is 0 Å². The molecule has 0 spiro atoms. The minimum absolute atomic E-state index is 0.230. The lowest BCUT2D eigenvalue weighted by atomic mass is 9.95. The second kappa shape index (κ2) is 6.04. The lowest BCUT2D eigenvalue weighted by Gasteiger charge is -2.15. The van der Waals surface area contributed by atoms with Crippen LogP contribution in [-0.4, -0.2) is 10.5 Å². The van der Waals surface area contributed by atoms with Crippen molar-refractivity contribution in [1.29, 1.82) is 0 Å². The van der Waals surface area contributed by atoms with Crippen LogP contribution in [0.5, 0.6) is 0 Å². The lowest BCUT2D eigenvalue weighted by molar-refractivity contribution is 0.0904. The quantitative estimate of drug-likeness (QED) is 0.681. The number of hydrogen-bond acceptors (Lipinski definition) is 1. The molecule has 4 rings (SSSR count). The minimum Gasteiger partial charge on any atom is -0.284 e. The van der Waals surface area contributed by atoms with Gasteiger partial charge in [-0.05, 0) is 49.3 Å². The minimum atomic E-state index is 0.230. The molecule has 0 atom stereocenters. The number of para-hydroxylation sites is 1. The second-order valence-corrected chi connectivity index (χ2v) is 6.36. The molecule has 0 saturated heterocycles. The number of carbonyl (C=O) groups excluding carboxylic acids is 1. The van der Waals surface area contributed by atoms with Gasteiger partial charge in [-0.25, -0.2) is 0 Å². The van der Waals surface area contributed by atoms with Gasteiger partial charge in [-0.2, -0.15) is 0 Å². The summed E-state index contributed by atoms with van der Waals surface area (Å²) in [5, 5.41) is 1.27. The Morgan fingerprint density at radius 2 is 1.65 bits per heavy atom. The summed E-state index contributed by atoms with van der Waals surface area (Å²) in [6.45, 7) is 0. The molecule has 0 radical (unpaired) electrons. The zero-order valence-electron chi connectivity index (χ0n) is 13.3. The molecule has 116 valence electrons. The maximum absolute atomic E-state index is 12.9. The van der Waals surface area contributed by atoms with E-state index in [9.17, 15) is 4.79 Å². The SMILES string of the molecule is O=C(CCc1ccccc1)n1c2c(c3ccccc31)CCCC2. The van der Waals surface area contributed by atoms with E-state index in [4.69, 9.17) is 0 Å². The molecule has 0 saturated carbocycles. The smallest absolute Gasteiger partial charge is 0.231 e. The average Bonchev–Trinajstić information content (AvgIpc) is 2.95. The Morgan fingerprint density at radius 3 is 2.52 bits per heavy atom. The molecule has 2 heteroatoms. The van der Waals surface area contributed by atoms with Crippen molar-refractivity contribution in [3.05, 3.63) is 71.4 Å². The van der Waals surface area contributed by atoms with Crippen molar-refractivity contribution in [3.63, 3.8) is 0 Å². The van der Waals surface area contributed by atoms with Crippen LogP contribution in [0.2, 0.25) is 0 Å². The highest BCUT2D eigenvalue weighted by molar-refractivity contribution is 5.96. The second-order valence-electron chi connectivity index (χ2n) is 6.36. The van der Waals surface area contributed by atoms with Gasteiger partial charge in [0.2, 0.25) is 5.91 Å². The van der Waals surface area contributed by atoms with Gasteiger partial charge in [-0.1, -0.05) is 48.5 Å². The molecule has 1 aliphatic rings. The number of carbonyl (C=O) groups is 1. The predicted molar refractivity (Wildman–Crippen MR) is 94.0 cm³/mol. The van der Waals surface area contributed by atoms with Gasteiger partial charge in [0.1, 0.15) is 0 Å². The van der Waals surface area contributed by atoms with E-state index >= 15 is 0 Å². The molecule has 0 unspecified atom stereocenters. The summed E-state index contributed by atoms with van der Waals surface area (Å²) in [6, 6.07) is 18.6. The molecule has 3 aromatic rings. The number of hydrogen-bond donors (Lipinski definition) is 0.